The first-order valence-corrected chi connectivity index (χ1v) is 7.76. The highest BCUT2D eigenvalue weighted by Gasteiger charge is 2.28. The number of anilines is 1. The minimum Gasteiger partial charge on any atom is -0.395 e. The fourth-order valence-corrected chi connectivity index (χ4v) is 3.11. The Labute approximate surface area is 122 Å². The van der Waals surface area contributed by atoms with Gasteiger partial charge in [0.2, 0.25) is 11.8 Å². The molecule has 1 aliphatic rings. The zero-order valence-electron chi connectivity index (χ0n) is 12.0. The zero-order chi connectivity index (χ0) is 14.8. The van der Waals surface area contributed by atoms with Gasteiger partial charge in [-0.05, 0) is 7.05 Å². The fraction of sp³-hybridized carbons (Fsp3) is 0.692. The molecule has 0 saturated carbocycles. The first-order chi connectivity index (χ1) is 9.44. The second kappa shape index (κ2) is 6.15. The van der Waals surface area contributed by atoms with E-state index in [9.17, 15) is 9.90 Å². The Morgan fingerprint density at radius 2 is 2.45 bits per heavy atom. The molecule has 1 amide bonds. The van der Waals surface area contributed by atoms with E-state index in [1.807, 2.05) is 25.8 Å². The Morgan fingerprint density at radius 3 is 3.10 bits per heavy atom. The van der Waals surface area contributed by atoms with E-state index in [2.05, 4.69) is 10.5 Å². The number of carbonyl (C=O) groups is 1. The van der Waals surface area contributed by atoms with Gasteiger partial charge in [-0.15, -0.1) is 0 Å². The van der Waals surface area contributed by atoms with Gasteiger partial charge in [0.05, 0.1) is 18.3 Å². The average molecular weight is 299 g/mol. The molecule has 20 heavy (non-hydrogen) atoms. The van der Waals surface area contributed by atoms with Gasteiger partial charge in [-0.3, -0.25) is 15.0 Å². The number of nitrogens with zero attached hydrogens (tertiary/aromatic N) is 2. The van der Waals surface area contributed by atoms with E-state index in [0.717, 1.165) is 18.1 Å². The molecule has 1 atom stereocenters. The highest BCUT2D eigenvalue weighted by molar-refractivity contribution is 7.99. The van der Waals surface area contributed by atoms with Crippen molar-refractivity contribution in [3.8, 4) is 0 Å². The Kier molecular flexibility index (Phi) is 4.72. The Balaban J connectivity index is 2.01. The summed E-state index contributed by atoms with van der Waals surface area (Å²) in [6.07, 6.45) is 0. The minimum atomic E-state index is -0.482. The molecule has 1 aromatic rings. The minimum absolute atomic E-state index is 0.0328. The van der Waals surface area contributed by atoms with Gasteiger partial charge < -0.3 is 9.63 Å². The second-order valence-corrected chi connectivity index (χ2v) is 6.83. The smallest absolute Gasteiger partial charge is 0.244 e. The first kappa shape index (κ1) is 15.3. The predicted molar refractivity (Wildman–Crippen MR) is 79.0 cm³/mol. The lowest BCUT2D eigenvalue weighted by Gasteiger charge is -2.30. The van der Waals surface area contributed by atoms with Crippen LogP contribution in [0.5, 0.6) is 0 Å². The molecule has 2 heterocycles. The Hall–Kier alpha value is -1.05. The number of thioether (sulfide) groups is 1. The number of hydrogen-bond donors (Lipinski definition) is 2. The summed E-state index contributed by atoms with van der Waals surface area (Å²) in [5, 5.41) is 16.0. The van der Waals surface area contributed by atoms with Gasteiger partial charge in [0.25, 0.3) is 0 Å². The van der Waals surface area contributed by atoms with Crippen LogP contribution in [0.15, 0.2) is 10.6 Å². The van der Waals surface area contributed by atoms with E-state index in [-0.39, 0.29) is 18.6 Å². The Bertz CT molecular complexity index is 475. The van der Waals surface area contributed by atoms with Crippen LogP contribution in [-0.4, -0.2) is 58.8 Å². The topological polar surface area (TPSA) is 78.6 Å². The summed E-state index contributed by atoms with van der Waals surface area (Å²) in [7, 11) is 1.95. The summed E-state index contributed by atoms with van der Waals surface area (Å²) < 4.78 is 5.13. The van der Waals surface area contributed by atoms with Crippen LogP contribution in [0.1, 0.15) is 19.5 Å². The van der Waals surface area contributed by atoms with E-state index in [0.29, 0.717) is 11.6 Å². The number of nitrogens with one attached hydrogen (secondary N) is 1. The van der Waals surface area contributed by atoms with Crippen molar-refractivity contribution in [3.63, 3.8) is 0 Å². The number of aliphatic hydroxyl groups is 1. The predicted octanol–water partition coefficient (Wildman–Crippen LogP) is 0.930. The van der Waals surface area contributed by atoms with Gasteiger partial charge >= 0.3 is 0 Å². The molecule has 7 heteroatoms. The van der Waals surface area contributed by atoms with Gasteiger partial charge in [-0.25, -0.2) is 0 Å². The summed E-state index contributed by atoms with van der Waals surface area (Å²) >= 11 is 1.78. The third-order valence-corrected chi connectivity index (χ3v) is 4.57. The van der Waals surface area contributed by atoms with E-state index in [1.54, 1.807) is 17.8 Å². The number of aliphatic hydroxyl groups excluding tert-OH is 1. The molecule has 1 saturated heterocycles. The Morgan fingerprint density at radius 1 is 1.70 bits per heavy atom. The number of rotatable bonds is 4. The molecule has 1 unspecified atom stereocenters. The highest BCUT2D eigenvalue weighted by Crippen LogP contribution is 2.24. The summed E-state index contributed by atoms with van der Waals surface area (Å²) in [5.74, 6) is 2.09. The zero-order valence-corrected chi connectivity index (χ0v) is 12.9. The van der Waals surface area contributed by atoms with Gasteiger partial charge in [-0.1, -0.05) is 19.0 Å². The maximum absolute atomic E-state index is 12.2. The fourth-order valence-electron chi connectivity index (χ4n) is 1.90. The molecule has 0 aliphatic carbocycles. The number of carbonyl (C=O) groups excluding carboxylic acids is 1. The van der Waals surface area contributed by atoms with E-state index >= 15 is 0 Å². The summed E-state index contributed by atoms with van der Waals surface area (Å²) in [4.78, 5) is 14.2. The maximum atomic E-state index is 12.2. The van der Waals surface area contributed by atoms with Crippen molar-refractivity contribution in [2.75, 3.05) is 37.0 Å². The number of hydrogen-bond acceptors (Lipinski definition) is 6. The largest absolute Gasteiger partial charge is 0.395 e. The van der Waals surface area contributed by atoms with Crippen LogP contribution in [-0.2, 0) is 10.2 Å². The molecule has 1 fully saturated rings. The van der Waals surface area contributed by atoms with Gasteiger partial charge in [0.1, 0.15) is 0 Å². The first-order valence-electron chi connectivity index (χ1n) is 6.61. The molecule has 2 N–H and O–H groups in total. The molecular formula is C13H21N3O3S. The third-order valence-electron chi connectivity index (χ3n) is 3.54. The van der Waals surface area contributed by atoms with Crippen molar-refractivity contribution in [3.05, 3.63) is 11.8 Å². The molecule has 1 aromatic heterocycles. The molecule has 112 valence electrons. The average Bonchev–Trinajstić information content (AvgIpc) is 2.88. The van der Waals surface area contributed by atoms with Crippen molar-refractivity contribution in [1.29, 1.82) is 0 Å². The van der Waals surface area contributed by atoms with E-state index in [1.165, 1.54) is 0 Å². The molecule has 0 radical (unpaired) electrons. The van der Waals surface area contributed by atoms with E-state index < -0.39 is 5.41 Å². The molecule has 1 aliphatic heterocycles. The maximum Gasteiger partial charge on any atom is 0.244 e. The number of amides is 1. The number of likely N-dealkylation sites (N-methyl/N-ethyl adjacent to an activating group) is 1. The van der Waals surface area contributed by atoms with Gasteiger partial charge in [-0.2, -0.15) is 11.8 Å². The van der Waals surface area contributed by atoms with Crippen LogP contribution in [0.2, 0.25) is 0 Å². The summed E-state index contributed by atoms with van der Waals surface area (Å²) in [6, 6.07) is 1.53. The molecule has 0 aromatic carbocycles. The quantitative estimate of drug-likeness (QED) is 0.861. The normalized spacial score (nSPS) is 20.9. The summed E-state index contributed by atoms with van der Waals surface area (Å²) in [6.45, 7) is 4.60. The lowest BCUT2D eigenvalue weighted by atomic mass is 9.91. The standard InChI is InChI=1S/C13H21N3O3S/c1-13(2,8-17)10-6-11(19-15-10)14-12(18)9-7-20-5-4-16(9)3/h6,9,17H,4-5,7-8H2,1-3H3,(H,14,18). The van der Waals surface area contributed by atoms with Crippen LogP contribution >= 0.6 is 11.8 Å². The van der Waals surface area contributed by atoms with E-state index in [4.69, 9.17) is 4.52 Å². The van der Waals surface area contributed by atoms with Gasteiger partial charge in [0, 0.05) is 29.5 Å². The monoisotopic (exact) mass is 299 g/mol. The molecular weight excluding hydrogens is 278 g/mol. The molecule has 6 nitrogen and oxygen atoms in total. The summed E-state index contributed by atoms with van der Waals surface area (Å²) in [5.41, 5.74) is 0.144. The highest BCUT2D eigenvalue weighted by atomic mass is 32.2. The second-order valence-electron chi connectivity index (χ2n) is 5.68. The lowest BCUT2D eigenvalue weighted by Crippen LogP contribution is -2.47. The van der Waals surface area contributed by atoms with Crippen LogP contribution in [0.4, 0.5) is 5.88 Å². The van der Waals surface area contributed by atoms with Crippen LogP contribution in [0, 0.1) is 0 Å². The van der Waals surface area contributed by atoms with Crippen molar-refractivity contribution >= 4 is 23.6 Å². The van der Waals surface area contributed by atoms with Crippen molar-refractivity contribution in [2.24, 2.45) is 0 Å². The van der Waals surface area contributed by atoms with Crippen molar-refractivity contribution in [1.82, 2.24) is 10.1 Å². The number of aromatic nitrogens is 1. The molecule has 2 rings (SSSR count). The molecule has 0 bridgehead atoms. The van der Waals surface area contributed by atoms with Crippen LogP contribution in [0.3, 0.4) is 0 Å². The van der Waals surface area contributed by atoms with Crippen molar-refractivity contribution < 1.29 is 14.4 Å². The third kappa shape index (κ3) is 3.34. The van der Waals surface area contributed by atoms with Crippen LogP contribution < -0.4 is 5.32 Å². The SMILES string of the molecule is CN1CCSCC1C(=O)Nc1cc(C(C)(C)CO)no1. The van der Waals surface area contributed by atoms with Crippen LogP contribution in [0.25, 0.3) is 0 Å². The van der Waals surface area contributed by atoms with Crippen molar-refractivity contribution in [2.45, 2.75) is 25.3 Å². The molecule has 0 spiro atoms. The van der Waals surface area contributed by atoms with Gasteiger partial charge in [0.15, 0.2) is 0 Å². The lowest BCUT2D eigenvalue weighted by molar-refractivity contribution is -0.120.